The van der Waals surface area contributed by atoms with Gasteiger partial charge in [-0.2, -0.15) is 0 Å². The number of carbonyl (C=O) groups is 3. The van der Waals surface area contributed by atoms with E-state index in [-0.39, 0.29) is 25.2 Å². The average Bonchev–Trinajstić information content (AvgIpc) is 3.28. The number of nitrogens with zero attached hydrogens (tertiary/aromatic N) is 2. The molecular formula is C25H28N2O6S. The summed E-state index contributed by atoms with van der Waals surface area (Å²) in [4.78, 5) is 42.6. The summed E-state index contributed by atoms with van der Waals surface area (Å²) < 4.78 is 16.1. The zero-order valence-electron chi connectivity index (χ0n) is 19.3. The van der Waals surface area contributed by atoms with Gasteiger partial charge in [0.15, 0.2) is 6.04 Å². The van der Waals surface area contributed by atoms with Gasteiger partial charge in [0.1, 0.15) is 19.0 Å². The molecule has 0 spiro atoms. The number of ether oxygens (including phenoxy) is 3. The Kier molecular flexibility index (Phi) is 7.62. The Hall–Kier alpha value is -3.20. The largest absolute Gasteiger partial charge is 0.496 e. The molecule has 2 heterocycles. The first-order valence-corrected chi connectivity index (χ1v) is 12.4. The van der Waals surface area contributed by atoms with Gasteiger partial charge < -0.3 is 19.1 Å². The lowest BCUT2D eigenvalue weighted by Crippen LogP contribution is -2.52. The van der Waals surface area contributed by atoms with Crippen LogP contribution < -0.4 is 4.74 Å². The van der Waals surface area contributed by atoms with Crippen LogP contribution in [0.4, 0.5) is 4.79 Å². The number of carbonyl (C=O) groups excluding carboxylic acids is 3. The molecule has 0 radical (unpaired) electrons. The predicted octanol–water partition coefficient (Wildman–Crippen LogP) is 3.59. The van der Waals surface area contributed by atoms with Crippen LogP contribution in [0.5, 0.6) is 5.75 Å². The van der Waals surface area contributed by atoms with E-state index in [4.69, 9.17) is 14.2 Å². The summed E-state index contributed by atoms with van der Waals surface area (Å²) >= 11 is 1.58. The van der Waals surface area contributed by atoms with Crippen LogP contribution in [0.2, 0.25) is 0 Å². The van der Waals surface area contributed by atoms with Crippen molar-refractivity contribution in [2.24, 2.45) is 0 Å². The van der Waals surface area contributed by atoms with Gasteiger partial charge in [-0.3, -0.25) is 9.69 Å². The van der Waals surface area contributed by atoms with E-state index in [1.807, 2.05) is 48.7 Å². The molecule has 2 aliphatic rings. The number of likely N-dealkylation sites (tertiary alicyclic amines) is 1. The van der Waals surface area contributed by atoms with Gasteiger partial charge in [-0.25, -0.2) is 9.59 Å². The zero-order chi connectivity index (χ0) is 24.1. The first-order valence-electron chi connectivity index (χ1n) is 11.2. The Morgan fingerprint density at radius 2 is 1.85 bits per heavy atom. The molecule has 34 heavy (non-hydrogen) atoms. The van der Waals surface area contributed by atoms with Crippen LogP contribution in [0.1, 0.15) is 28.8 Å². The highest BCUT2D eigenvalue weighted by Gasteiger charge is 2.44. The number of piperidine rings is 1. The van der Waals surface area contributed by atoms with Crippen molar-refractivity contribution in [3.8, 4) is 5.75 Å². The molecule has 2 amide bonds. The van der Waals surface area contributed by atoms with Gasteiger partial charge in [0, 0.05) is 24.0 Å². The molecule has 0 aromatic heterocycles. The summed E-state index contributed by atoms with van der Waals surface area (Å²) in [7, 11) is 1.55. The van der Waals surface area contributed by atoms with Crippen molar-refractivity contribution >= 4 is 29.7 Å². The first-order chi connectivity index (χ1) is 16.5. The maximum atomic E-state index is 13.1. The highest BCUT2D eigenvalue weighted by Crippen LogP contribution is 2.29. The van der Waals surface area contributed by atoms with Crippen LogP contribution in [-0.4, -0.2) is 72.9 Å². The standard InChI is InChI=1S/C25H28N2O6S/c1-31-22-14-19(34-2)8-9-20(22)23(28)26-12-10-18(11-13-26)27-21(16-33-25(27)30)24(29)32-15-17-6-4-3-5-7-17/h3-9,14,18,21H,10-13,15-16H2,1-2H3/t21-/m0/s1. The van der Waals surface area contributed by atoms with Crippen molar-refractivity contribution in [3.05, 3.63) is 59.7 Å². The number of amides is 2. The third-order valence-corrected chi connectivity index (χ3v) is 6.92. The Morgan fingerprint density at radius 3 is 2.53 bits per heavy atom. The van der Waals surface area contributed by atoms with Gasteiger partial charge in [0.05, 0.1) is 12.7 Å². The lowest BCUT2D eigenvalue weighted by Gasteiger charge is -2.37. The van der Waals surface area contributed by atoms with Crippen molar-refractivity contribution in [3.63, 3.8) is 0 Å². The van der Waals surface area contributed by atoms with E-state index in [1.54, 1.807) is 29.8 Å². The molecule has 2 saturated heterocycles. The van der Waals surface area contributed by atoms with Crippen LogP contribution in [0.3, 0.4) is 0 Å². The van der Waals surface area contributed by atoms with Crippen molar-refractivity contribution in [2.75, 3.05) is 33.1 Å². The summed E-state index contributed by atoms with van der Waals surface area (Å²) in [6.07, 6.45) is 2.55. The van der Waals surface area contributed by atoms with Crippen molar-refractivity contribution < 1.29 is 28.6 Å². The van der Waals surface area contributed by atoms with E-state index in [2.05, 4.69) is 0 Å². The van der Waals surface area contributed by atoms with E-state index in [9.17, 15) is 14.4 Å². The van der Waals surface area contributed by atoms with Crippen molar-refractivity contribution in [1.29, 1.82) is 0 Å². The second-order valence-electron chi connectivity index (χ2n) is 8.18. The SMILES string of the molecule is COc1cc(SC)ccc1C(=O)N1CCC(N2C(=O)OC[C@H]2C(=O)OCc2ccccc2)CC1. The van der Waals surface area contributed by atoms with Crippen LogP contribution in [-0.2, 0) is 20.9 Å². The fourth-order valence-corrected chi connectivity index (χ4v) is 4.76. The number of benzene rings is 2. The third-order valence-electron chi connectivity index (χ3n) is 6.19. The minimum atomic E-state index is -0.775. The highest BCUT2D eigenvalue weighted by atomic mass is 32.2. The lowest BCUT2D eigenvalue weighted by molar-refractivity contribution is -0.150. The number of hydrogen-bond acceptors (Lipinski definition) is 7. The molecule has 1 atom stereocenters. The monoisotopic (exact) mass is 484 g/mol. The molecule has 0 unspecified atom stereocenters. The maximum Gasteiger partial charge on any atom is 0.410 e. The Bertz CT molecular complexity index is 1040. The second kappa shape index (κ2) is 10.8. The first kappa shape index (κ1) is 23.9. The number of methoxy groups -OCH3 is 1. The molecule has 0 N–H and O–H groups in total. The molecule has 0 bridgehead atoms. The molecule has 4 rings (SSSR count). The topological polar surface area (TPSA) is 85.4 Å². The third kappa shape index (κ3) is 5.14. The van der Waals surface area contributed by atoms with Crippen LogP contribution in [0.15, 0.2) is 53.4 Å². The van der Waals surface area contributed by atoms with E-state index >= 15 is 0 Å². The van der Waals surface area contributed by atoms with Gasteiger partial charge in [0.2, 0.25) is 0 Å². The van der Waals surface area contributed by atoms with Crippen LogP contribution in [0.25, 0.3) is 0 Å². The molecular weight excluding hydrogens is 456 g/mol. The van der Waals surface area contributed by atoms with E-state index in [1.165, 1.54) is 4.90 Å². The smallest absolute Gasteiger partial charge is 0.410 e. The Balaban J connectivity index is 1.37. The lowest BCUT2D eigenvalue weighted by atomic mass is 10.0. The quantitative estimate of drug-likeness (QED) is 0.439. The van der Waals surface area contributed by atoms with Gasteiger partial charge in [-0.15, -0.1) is 11.8 Å². The number of thioether (sulfide) groups is 1. The molecule has 0 saturated carbocycles. The molecule has 9 heteroatoms. The molecule has 2 fully saturated rings. The summed E-state index contributed by atoms with van der Waals surface area (Å²) in [5.74, 6) is -0.0408. The molecule has 8 nitrogen and oxygen atoms in total. The highest BCUT2D eigenvalue weighted by molar-refractivity contribution is 7.98. The number of esters is 1. The molecule has 2 aliphatic heterocycles. The van der Waals surface area contributed by atoms with Gasteiger partial charge in [-0.1, -0.05) is 30.3 Å². The van der Waals surface area contributed by atoms with Crippen molar-refractivity contribution in [1.82, 2.24) is 9.80 Å². The minimum Gasteiger partial charge on any atom is -0.496 e. The molecule has 2 aromatic carbocycles. The van der Waals surface area contributed by atoms with E-state index < -0.39 is 18.1 Å². The molecule has 0 aliphatic carbocycles. The fraction of sp³-hybridized carbons (Fsp3) is 0.400. The van der Waals surface area contributed by atoms with Gasteiger partial charge in [0.25, 0.3) is 5.91 Å². The van der Waals surface area contributed by atoms with Gasteiger partial charge in [-0.05, 0) is 42.9 Å². The summed E-state index contributed by atoms with van der Waals surface area (Å²) in [5.41, 5.74) is 1.39. The predicted molar refractivity (Wildman–Crippen MR) is 127 cm³/mol. The number of cyclic esters (lactones) is 1. The minimum absolute atomic E-state index is 0.0232. The second-order valence-corrected chi connectivity index (χ2v) is 9.06. The molecule has 2 aromatic rings. The van der Waals surface area contributed by atoms with E-state index in [0.717, 1.165) is 10.5 Å². The maximum absolute atomic E-state index is 13.1. The fourth-order valence-electron chi connectivity index (χ4n) is 4.34. The van der Waals surface area contributed by atoms with Crippen LogP contribution in [0, 0.1) is 0 Å². The zero-order valence-corrected chi connectivity index (χ0v) is 20.1. The number of rotatable bonds is 7. The Morgan fingerprint density at radius 1 is 1.12 bits per heavy atom. The molecule has 180 valence electrons. The summed E-state index contributed by atoms with van der Waals surface area (Å²) in [6, 6.07) is 14.0. The summed E-state index contributed by atoms with van der Waals surface area (Å²) in [6.45, 7) is 1.05. The van der Waals surface area contributed by atoms with E-state index in [0.29, 0.717) is 37.2 Å². The summed E-state index contributed by atoms with van der Waals surface area (Å²) in [5, 5.41) is 0. The normalized spacial score (nSPS) is 18.5. The number of hydrogen-bond donors (Lipinski definition) is 0. The Labute approximate surface area is 203 Å². The van der Waals surface area contributed by atoms with Gasteiger partial charge >= 0.3 is 12.1 Å². The van der Waals surface area contributed by atoms with Crippen LogP contribution >= 0.6 is 11.8 Å². The van der Waals surface area contributed by atoms with Crippen molar-refractivity contribution in [2.45, 2.75) is 36.4 Å². The average molecular weight is 485 g/mol.